The first-order valence-corrected chi connectivity index (χ1v) is 8.55. The number of aliphatic carboxylic acids is 1. The van der Waals surface area contributed by atoms with Gasteiger partial charge < -0.3 is 9.84 Å². The molecule has 0 amide bonds. The van der Waals surface area contributed by atoms with Crippen LogP contribution in [-0.4, -0.2) is 39.1 Å². The molecule has 0 aliphatic heterocycles. The van der Waals surface area contributed by atoms with Crippen molar-refractivity contribution in [1.29, 1.82) is 0 Å². The van der Waals surface area contributed by atoms with Crippen molar-refractivity contribution >= 4 is 33.3 Å². The molecular formula is C12H17NO6S2. The van der Waals surface area contributed by atoms with Gasteiger partial charge in [0.15, 0.2) is 0 Å². The van der Waals surface area contributed by atoms with Crippen LogP contribution in [0.2, 0.25) is 0 Å². The molecule has 21 heavy (non-hydrogen) atoms. The molecule has 0 bridgehead atoms. The lowest BCUT2D eigenvalue weighted by Gasteiger charge is -2.13. The van der Waals surface area contributed by atoms with E-state index in [-0.39, 0.29) is 28.7 Å². The van der Waals surface area contributed by atoms with Gasteiger partial charge in [-0.3, -0.25) is 4.79 Å². The molecule has 1 unspecified atom stereocenters. The summed E-state index contributed by atoms with van der Waals surface area (Å²) in [6.07, 6.45) is 0.412. The van der Waals surface area contributed by atoms with Crippen LogP contribution in [0.3, 0.4) is 0 Å². The van der Waals surface area contributed by atoms with Crippen LogP contribution in [0.4, 0.5) is 0 Å². The molecule has 0 spiro atoms. The number of sulfonamides is 1. The lowest BCUT2D eigenvalue weighted by Crippen LogP contribution is -2.30. The van der Waals surface area contributed by atoms with Gasteiger partial charge in [0, 0.05) is 13.0 Å². The highest BCUT2D eigenvalue weighted by atomic mass is 32.2. The van der Waals surface area contributed by atoms with Crippen LogP contribution in [0.1, 0.15) is 29.4 Å². The number of methoxy groups -OCH3 is 1. The van der Waals surface area contributed by atoms with Crippen LogP contribution in [0.5, 0.6) is 0 Å². The van der Waals surface area contributed by atoms with Crippen molar-refractivity contribution in [2.45, 2.75) is 24.7 Å². The number of carboxylic acid groups (broad SMARTS) is 1. The lowest BCUT2D eigenvalue weighted by atomic mass is 10.0. The zero-order valence-electron chi connectivity index (χ0n) is 11.7. The summed E-state index contributed by atoms with van der Waals surface area (Å²) in [5, 5.41) is 10.2. The predicted octanol–water partition coefficient (Wildman–Crippen LogP) is 1.31. The number of hydrogen-bond acceptors (Lipinski definition) is 6. The Labute approximate surface area is 127 Å². The normalized spacial score (nSPS) is 12.9. The van der Waals surface area contributed by atoms with Crippen molar-refractivity contribution in [3.63, 3.8) is 0 Å². The molecule has 0 saturated heterocycles. The van der Waals surface area contributed by atoms with E-state index in [1.54, 1.807) is 6.92 Å². The average Bonchev–Trinajstić information content (AvgIpc) is 2.92. The number of thiophene rings is 1. The molecule has 1 rings (SSSR count). The minimum Gasteiger partial charge on any atom is -0.481 e. The Morgan fingerprint density at radius 3 is 2.67 bits per heavy atom. The molecule has 1 aromatic heterocycles. The molecule has 1 heterocycles. The zero-order chi connectivity index (χ0) is 16.0. The van der Waals surface area contributed by atoms with E-state index in [0.29, 0.717) is 6.42 Å². The van der Waals surface area contributed by atoms with Gasteiger partial charge in [-0.05, 0) is 17.4 Å². The SMILES string of the molecule is CCC(CNS(=O)(=O)c1ccsc1C(=O)OC)CC(=O)O. The lowest BCUT2D eigenvalue weighted by molar-refractivity contribution is -0.138. The summed E-state index contributed by atoms with van der Waals surface area (Å²) in [6.45, 7) is 1.79. The monoisotopic (exact) mass is 335 g/mol. The molecule has 1 aromatic rings. The number of hydrogen-bond donors (Lipinski definition) is 2. The first kappa shape index (κ1) is 17.6. The molecule has 7 nitrogen and oxygen atoms in total. The maximum Gasteiger partial charge on any atom is 0.349 e. The number of carboxylic acids is 1. The third-order valence-electron chi connectivity index (χ3n) is 2.89. The van der Waals surface area contributed by atoms with Crippen molar-refractivity contribution < 1.29 is 27.9 Å². The van der Waals surface area contributed by atoms with Gasteiger partial charge in [0.05, 0.1) is 7.11 Å². The second kappa shape index (κ2) is 7.53. The van der Waals surface area contributed by atoms with Gasteiger partial charge >= 0.3 is 11.9 Å². The third-order valence-corrected chi connectivity index (χ3v) is 5.38. The molecule has 0 radical (unpaired) electrons. The Kier molecular flexibility index (Phi) is 6.31. The van der Waals surface area contributed by atoms with Crippen LogP contribution < -0.4 is 4.72 Å². The van der Waals surface area contributed by atoms with E-state index in [4.69, 9.17) is 5.11 Å². The van der Waals surface area contributed by atoms with Gasteiger partial charge in [0.25, 0.3) is 0 Å². The molecule has 0 saturated carbocycles. The summed E-state index contributed by atoms with van der Waals surface area (Å²) in [4.78, 5) is 22.0. The first-order valence-electron chi connectivity index (χ1n) is 6.19. The fourth-order valence-electron chi connectivity index (χ4n) is 1.66. The Bertz CT molecular complexity index is 607. The predicted molar refractivity (Wildman–Crippen MR) is 76.9 cm³/mol. The number of carbonyl (C=O) groups is 2. The van der Waals surface area contributed by atoms with E-state index in [9.17, 15) is 18.0 Å². The third kappa shape index (κ3) is 4.80. The molecule has 1 atom stereocenters. The Morgan fingerprint density at radius 1 is 1.48 bits per heavy atom. The van der Waals surface area contributed by atoms with Crippen molar-refractivity contribution in [2.75, 3.05) is 13.7 Å². The van der Waals surface area contributed by atoms with Crippen molar-refractivity contribution in [1.82, 2.24) is 4.72 Å². The molecule has 0 aliphatic carbocycles. The smallest absolute Gasteiger partial charge is 0.349 e. The number of carbonyl (C=O) groups excluding carboxylic acids is 1. The first-order chi connectivity index (χ1) is 9.81. The van der Waals surface area contributed by atoms with Gasteiger partial charge in [-0.1, -0.05) is 13.3 Å². The molecule has 118 valence electrons. The number of rotatable bonds is 8. The fraction of sp³-hybridized carbons (Fsp3) is 0.500. The summed E-state index contributed by atoms with van der Waals surface area (Å²) in [5.41, 5.74) is 0. The molecule has 9 heteroatoms. The van der Waals surface area contributed by atoms with Gasteiger partial charge in [0.2, 0.25) is 10.0 Å². The van der Waals surface area contributed by atoms with Crippen molar-refractivity contribution in [2.24, 2.45) is 5.92 Å². The van der Waals surface area contributed by atoms with Crippen molar-refractivity contribution in [3.05, 3.63) is 16.3 Å². The standard InChI is InChI=1S/C12H17NO6S2/c1-3-8(6-10(14)15)7-13-21(17,18)9-4-5-20-11(9)12(16)19-2/h4-5,8,13H,3,6-7H2,1-2H3,(H,14,15). The highest BCUT2D eigenvalue weighted by Crippen LogP contribution is 2.23. The second-order valence-electron chi connectivity index (χ2n) is 4.33. The largest absolute Gasteiger partial charge is 0.481 e. The maximum absolute atomic E-state index is 12.2. The molecule has 0 aromatic carbocycles. The van der Waals surface area contributed by atoms with E-state index < -0.39 is 22.0 Å². The van der Waals surface area contributed by atoms with Crippen LogP contribution in [0, 0.1) is 5.92 Å². The maximum atomic E-state index is 12.2. The van der Waals surface area contributed by atoms with E-state index in [1.807, 2.05) is 0 Å². The molecule has 0 fully saturated rings. The van der Waals surface area contributed by atoms with Crippen molar-refractivity contribution in [3.8, 4) is 0 Å². The summed E-state index contributed by atoms with van der Waals surface area (Å²) in [7, 11) is -2.70. The molecular weight excluding hydrogens is 318 g/mol. The van der Waals surface area contributed by atoms with E-state index in [0.717, 1.165) is 11.3 Å². The van der Waals surface area contributed by atoms with Crippen LogP contribution in [0.25, 0.3) is 0 Å². The van der Waals surface area contributed by atoms with Gasteiger partial charge in [0.1, 0.15) is 9.77 Å². The van der Waals surface area contributed by atoms with E-state index in [2.05, 4.69) is 9.46 Å². The highest BCUT2D eigenvalue weighted by molar-refractivity contribution is 7.89. The molecule has 2 N–H and O–H groups in total. The Morgan fingerprint density at radius 2 is 2.14 bits per heavy atom. The highest BCUT2D eigenvalue weighted by Gasteiger charge is 2.25. The van der Waals surface area contributed by atoms with E-state index >= 15 is 0 Å². The minimum atomic E-state index is -3.88. The Balaban J connectivity index is 2.85. The zero-order valence-corrected chi connectivity index (χ0v) is 13.3. The fourth-order valence-corrected chi connectivity index (χ4v) is 4.11. The quantitative estimate of drug-likeness (QED) is 0.693. The van der Waals surface area contributed by atoms with Crippen LogP contribution >= 0.6 is 11.3 Å². The summed E-state index contributed by atoms with van der Waals surface area (Å²) < 4.78 is 31.2. The average molecular weight is 335 g/mol. The van der Waals surface area contributed by atoms with Crippen LogP contribution in [0.15, 0.2) is 16.3 Å². The summed E-state index contributed by atoms with van der Waals surface area (Å²) in [6, 6.07) is 1.32. The van der Waals surface area contributed by atoms with Gasteiger partial charge in [-0.2, -0.15) is 0 Å². The second-order valence-corrected chi connectivity index (χ2v) is 6.98. The van der Waals surface area contributed by atoms with Gasteiger partial charge in [-0.15, -0.1) is 11.3 Å². The van der Waals surface area contributed by atoms with E-state index in [1.165, 1.54) is 18.6 Å². The number of esters is 1. The molecule has 0 aliphatic rings. The summed E-state index contributed by atoms with van der Waals surface area (Å²) >= 11 is 0.972. The summed E-state index contributed by atoms with van der Waals surface area (Å²) in [5.74, 6) is -2.01. The Hall–Kier alpha value is -1.45. The van der Waals surface area contributed by atoms with Gasteiger partial charge in [-0.25, -0.2) is 17.9 Å². The number of ether oxygens (including phenoxy) is 1. The topological polar surface area (TPSA) is 110 Å². The number of nitrogens with one attached hydrogen (secondary N) is 1. The minimum absolute atomic E-state index is 0.00158. The van der Waals surface area contributed by atoms with Crippen LogP contribution in [-0.2, 0) is 19.6 Å².